The lowest BCUT2D eigenvalue weighted by atomic mass is 10.1. The van der Waals surface area contributed by atoms with Crippen LogP contribution in [-0.4, -0.2) is 81.2 Å². The molecule has 0 fully saturated rings. The minimum atomic E-state index is -3.39. The molecule has 4 amide bonds. The first-order valence-electron chi connectivity index (χ1n) is 13.4. The van der Waals surface area contributed by atoms with E-state index in [9.17, 15) is 32.4 Å². The molecule has 14 nitrogen and oxygen atoms in total. The van der Waals surface area contributed by atoms with E-state index in [-0.39, 0.29) is 32.4 Å². The number of benzene rings is 1. The van der Waals surface area contributed by atoms with E-state index in [1.165, 1.54) is 0 Å². The van der Waals surface area contributed by atoms with Gasteiger partial charge in [0.25, 0.3) is 0 Å². The summed E-state index contributed by atoms with van der Waals surface area (Å²) in [7, 11) is -3.39. The molecule has 0 heterocycles. The molecular weight excluding hydrogens is 572 g/mol. The number of ether oxygens (including phenoxy) is 3. The fourth-order valence-corrected chi connectivity index (χ4v) is 3.74. The highest BCUT2D eigenvalue weighted by molar-refractivity contribution is 7.90. The maximum absolute atomic E-state index is 13.1. The number of hydrogen-bond donors (Lipinski definition) is 4. The molecule has 1 aromatic rings. The fourth-order valence-electron chi connectivity index (χ4n) is 3.36. The molecule has 0 saturated heterocycles. The predicted molar refractivity (Wildman–Crippen MR) is 153 cm³/mol. The molecule has 5 N–H and O–H groups in total. The van der Waals surface area contributed by atoms with Crippen molar-refractivity contribution in [3.05, 3.63) is 35.9 Å². The fraction of sp³-hybridized carbons (Fsp3) is 0.593. The monoisotopic (exact) mass is 614 g/mol. The third-order valence-corrected chi connectivity index (χ3v) is 6.29. The number of alkyl carbamates (subject to hydrolysis) is 2. The summed E-state index contributed by atoms with van der Waals surface area (Å²) in [6, 6.07) is 6.76. The second kappa shape index (κ2) is 17.8. The Morgan fingerprint density at radius 2 is 1.57 bits per heavy atom. The first-order valence-corrected chi connectivity index (χ1v) is 15.5. The van der Waals surface area contributed by atoms with Gasteiger partial charge in [0.2, 0.25) is 11.8 Å². The number of esters is 1. The van der Waals surface area contributed by atoms with Crippen LogP contribution in [0.3, 0.4) is 0 Å². The van der Waals surface area contributed by atoms with E-state index < -0.39 is 69.9 Å². The lowest BCUT2D eigenvalue weighted by Crippen LogP contribution is -2.53. The van der Waals surface area contributed by atoms with Gasteiger partial charge in [0.15, 0.2) is 9.84 Å². The number of sulfone groups is 1. The van der Waals surface area contributed by atoms with Crippen molar-refractivity contribution in [2.24, 2.45) is 5.73 Å². The lowest BCUT2D eigenvalue weighted by molar-refractivity contribution is -0.159. The Bertz CT molecular complexity index is 1150. The molecule has 0 aliphatic heterocycles. The van der Waals surface area contributed by atoms with Crippen LogP contribution in [0.1, 0.15) is 58.4 Å². The van der Waals surface area contributed by atoms with Gasteiger partial charge in [-0.3, -0.25) is 9.59 Å². The Balaban J connectivity index is 2.73. The highest BCUT2D eigenvalue weighted by Gasteiger charge is 2.30. The number of primary amides is 1. The topological polar surface area (TPSA) is 209 Å². The van der Waals surface area contributed by atoms with Crippen molar-refractivity contribution in [2.75, 3.05) is 25.2 Å². The number of nitrogens with one attached hydrogen (secondary N) is 3. The average Bonchev–Trinajstić information content (AvgIpc) is 2.87. The minimum Gasteiger partial charge on any atom is -0.458 e. The molecule has 0 aromatic heterocycles. The number of nitrogens with two attached hydrogens (primary N) is 1. The largest absolute Gasteiger partial charge is 0.458 e. The van der Waals surface area contributed by atoms with Gasteiger partial charge in [-0.1, -0.05) is 30.3 Å². The van der Waals surface area contributed by atoms with Crippen LogP contribution in [-0.2, 0) is 45.0 Å². The Hall–Kier alpha value is -3.88. The molecule has 2 atom stereocenters. The SMILES string of the molecule is CC(C)(C)OC(=O)C(CCCCNC(=O)OCc1ccccc1)NC(=O)C(CCC(N)=O)NC(=O)OCCS(C)(=O)=O. The van der Waals surface area contributed by atoms with Crippen LogP contribution in [0.15, 0.2) is 30.3 Å². The van der Waals surface area contributed by atoms with Crippen LogP contribution < -0.4 is 21.7 Å². The molecule has 0 aliphatic rings. The molecule has 2 unspecified atom stereocenters. The summed E-state index contributed by atoms with van der Waals surface area (Å²) in [4.78, 5) is 61.3. The smallest absolute Gasteiger partial charge is 0.407 e. The average molecular weight is 615 g/mol. The summed E-state index contributed by atoms with van der Waals surface area (Å²) in [5, 5.41) is 7.44. The number of rotatable bonds is 17. The third kappa shape index (κ3) is 17.7. The number of amides is 4. The molecule has 236 valence electrons. The van der Waals surface area contributed by atoms with Crippen LogP contribution in [0.4, 0.5) is 9.59 Å². The standard InChI is InChI=1S/C27H42N4O10S/c1-27(2,3)41-24(34)21(12-8-9-15-29-25(35)40-18-19-10-6-5-7-11-19)30-23(33)20(13-14-22(28)32)31-26(36)39-16-17-42(4,37)38/h5-7,10-11,20-21H,8-9,12-18H2,1-4H3,(H2,28,32)(H,29,35)(H,30,33)(H,31,36). The molecule has 0 saturated carbocycles. The van der Waals surface area contributed by atoms with Crippen molar-refractivity contribution < 1.29 is 46.6 Å². The van der Waals surface area contributed by atoms with E-state index >= 15 is 0 Å². The van der Waals surface area contributed by atoms with Gasteiger partial charge in [-0.05, 0) is 52.0 Å². The molecule has 0 radical (unpaired) electrons. The van der Waals surface area contributed by atoms with Gasteiger partial charge in [-0.2, -0.15) is 0 Å². The van der Waals surface area contributed by atoms with Gasteiger partial charge in [0.05, 0.1) is 5.75 Å². The maximum atomic E-state index is 13.1. The van der Waals surface area contributed by atoms with Gasteiger partial charge in [-0.15, -0.1) is 0 Å². The zero-order valence-electron chi connectivity index (χ0n) is 24.5. The van der Waals surface area contributed by atoms with Crippen LogP contribution in [0, 0.1) is 0 Å². The molecule has 42 heavy (non-hydrogen) atoms. The Kier molecular flexibility index (Phi) is 15.3. The minimum absolute atomic E-state index is 0.121. The quantitative estimate of drug-likeness (QED) is 0.112. The summed E-state index contributed by atoms with van der Waals surface area (Å²) >= 11 is 0. The van der Waals surface area contributed by atoms with Crippen molar-refractivity contribution in [3.8, 4) is 0 Å². The van der Waals surface area contributed by atoms with Crippen LogP contribution in [0.5, 0.6) is 0 Å². The third-order valence-electron chi connectivity index (χ3n) is 5.38. The number of carbonyl (C=O) groups excluding carboxylic acids is 5. The Labute approximate surface area is 246 Å². The van der Waals surface area contributed by atoms with E-state index in [1.54, 1.807) is 20.8 Å². The summed E-state index contributed by atoms with van der Waals surface area (Å²) in [6.07, 6.45) is -0.166. The van der Waals surface area contributed by atoms with Gasteiger partial charge in [-0.25, -0.2) is 22.8 Å². The van der Waals surface area contributed by atoms with Crippen LogP contribution in [0.2, 0.25) is 0 Å². The van der Waals surface area contributed by atoms with E-state index in [4.69, 9.17) is 19.9 Å². The van der Waals surface area contributed by atoms with Gasteiger partial charge < -0.3 is 35.9 Å². The Morgan fingerprint density at radius 1 is 0.905 bits per heavy atom. The second-order valence-corrected chi connectivity index (χ2v) is 12.8. The molecule has 0 bridgehead atoms. The zero-order valence-corrected chi connectivity index (χ0v) is 25.3. The molecule has 15 heteroatoms. The number of carbonyl (C=O) groups is 5. The number of hydrogen-bond acceptors (Lipinski definition) is 10. The zero-order chi connectivity index (χ0) is 31.8. The maximum Gasteiger partial charge on any atom is 0.407 e. The molecule has 1 rings (SSSR count). The van der Waals surface area contributed by atoms with Gasteiger partial charge in [0.1, 0.15) is 30.9 Å². The van der Waals surface area contributed by atoms with Gasteiger partial charge in [0, 0.05) is 19.2 Å². The van der Waals surface area contributed by atoms with E-state index in [1.807, 2.05) is 30.3 Å². The summed E-state index contributed by atoms with van der Waals surface area (Å²) in [6.45, 7) is 4.93. The van der Waals surface area contributed by atoms with Crippen LogP contribution in [0.25, 0.3) is 0 Å². The predicted octanol–water partition coefficient (Wildman–Crippen LogP) is 1.31. The summed E-state index contributed by atoms with van der Waals surface area (Å²) < 4.78 is 37.9. The molecule has 0 spiro atoms. The van der Waals surface area contributed by atoms with Crippen molar-refractivity contribution in [1.29, 1.82) is 0 Å². The van der Waals surface area contributed by atoms with Crippen molar-refractivity contribution in [3.63, 3.8) is 0 Å². The molecule has 1 aromatic carbocycles. The highest BCUT2D eigenvalue weighted by atomic mass is 32.2. The van der Waals surface area contributed by atoms with Gasteiger partial charge >= 0.3 is 18.2 Å². The summed E-state index contributed by atoms with van der Waals surface area (Å²) in [5.74, 6) is -2.65. The van der Waals surface area contributed by atoms with E-state index in [0.29, 0.717) is 12.8 Å². The van der Waals surface area contributed by atoms with Crippen molar-refractivity contribution in [1.82, 2.24) is 16.0 Å². The second-order valence-electron chi connectivity index (χ2n) is 10.5. The lowest BCUT2D eigenvalue weighted by Gasteiger charge is -2.26. The van der Waals surface area contributed by atoms with E-state index in [0.717, 1.165) is 11.8 Å². The van der Waals surface area contributed by atoms with E-state index in [2.05, 4.69) is 16.0 Å². The van der Waals surface area contributed by atoms with Crippen molar-refractivity contribution >= 4 is 39.8 Å². The summed E-state index contributed by atoms with van der Waals surface area (Å²) in [5.41, 5.74) is 5.18. The normalized spacial score (nSPS) is 12.8. The van der Waals surface area contributed by atoms with Crippen molar-refractivity contribution in [2.45, 2.75) is 77.2 Å². The first kappa shape index (κ1) is 36.1. The molecular formula is C27H42N4O10S. The Morgan fingerprint density at radius 3 is 2.17 bits per heavy atom. The number of unbranched alkanes of at least 4 members (excludes halogenated alkanes) is 1. The first-order chi connectivity index (χ1) is 19.6. The highest BCUT2D eigenvalue weighted by Crippen LogP contribution is 2.12. The van der Waals surface area contributed by atoms with Crippen LogP contribution >= 0.6 is 0 Å². The molecule has 0 aliphatic carbocycles.